The highest BCUT2D eigenvalue weighted by molar-refractivity contribution is 6.39. The molecular formula is C22H14ClN3O6. The number of barbiturate groups is 1. The van der Waals surface area contributed by atoms with Crippen LogP contribution in [0.15, 0.2) is 64.6 Å². The van der Waals surface area contributed by atoms with Gasteiger partial charge < -0.3 is 4.42 Å². The van der Waals surface area contributed by atoms with Crippen LogP contribution in [-0.2, 0) is 9.59 Å². The van der Waals surface area contributed by atoms with E-state index in [2.05, 4.69) is 5.32 Å². The molecule has 0 bridgehead atoms. The summed E-state index contributed by atoms with van der Waals surface area (Å²) in [6.45, 7) is 1.86. The molecule has 0 unspecified atom stereocenters. The fraction of sp³-hybridized carbons (Fsp3) is 0.0455. The van der Waals surface area contributed by atoms with Crippen molar-refractivity contribution in [1.29, 1.82) is 0 Å². The third-order valence-corrected chi connectivity index (χ3v) is 5.05. The van der Waals surface area contributed by atoms with Gasteiger partial charge in [-0.1, -0.05) is 29.3 Å². The van der Waals surface area contributed by atoms with Crippen LogP contribution in [0.2, 0.25) is 5.02 Å². The first kappa shape index (κ1) is 21.0. The van der Waals surface area contributed by atoms with E-state index in [1.807, 2.05) is 6.92 Å². The van der Waals surface area contributed by atoms with E-state index in [0.717, 1.165) is 10.5 Å². The standard InChI is InChI=1S/C22H14ClN3O6/c1-12-2-5-14(6-3-12)25-21(28)16(20(27)24-22(25)29)11-15-7-9-19(32-15)13-4-8-17(23)18(10-13)26(30)31/h2-11H,1H3,(H,24,27,29)/b16-11-. The van der Waals surface area contributed by atoms with Gasteiger partial charge in [0.15, 0.2) is 0 Å². The van der Waals surface area contributed by atoms with E-state index in [4.69, 9.17) is 16.0 Å². The lowest BCUT2D eigenvalue weighted by Gasteiger charge is -2.26. The molecule has 0 saturated carbocycles. The number of urea groups is 1. The van der Waals surface area contributed by atoms with Crippen molar-refractivity contribution in [3.8, 4) is 11.3 Å². The van der Waals surface area contributed by atoms with Crippen molar-refractivity contribution in [2.75, 3.05) is 4.90 Å². The molecule has 2 aromatic carbocycles. The molecule has 3 aromatic rings. The quantitative estimate of drug-likeness (QED) is 0.270. The number of amides is 4. The summed E-state index contributed by atoms with van der Waals surface area (Å²) in [5.74, 6) is -1.24. The monoisotopic (exact) mass is 451 g/mol. The SMILES string of the molecule is Cc1ccc(N2C(=O)NC(=O)/C(=C/c3ccc(-c4ccc(Cl)c([N+](=O)[O-])c4)o3)C2=O)cc1. The molecule has 4 rings (SSSR count). The Labute approximate surface area is 186 Å². The molecule has 1 saturated heterocycles. The summed E-state index contributed by atoms with van der Waals surface area (Å²) in [6.07, 6.45) is 1.21. The minimum absolute atomic E-state index is 0.0158. The van der Waals surface area contributed by atoms with Crippen LogP contribution in [0.3, 0.4) is 0 Å². The van der Waals surface area contributed by atoms with Gasteiger partial charge in [-0.15, -0.1) is 0 Å². The molecule has 0 atom stereocenters. The van der Waals surface area contributed by atoms with Gasteiger partial charge in [0.25, 0.3) is 17.5 Å². The van der Waals surface area contributed by atoms with E-state index in [1.54, 1.807) is 30.3 Å². The molecule has 0 radical (unpaired) electrons. The molecule has 9 nitrogen and oxygen atoms in total. The molecule has 1 aromatic heterocycles. The van der Waals surface area contributed by atoms with Crippen molar-refractivity contribution in [2.24, 2.45) is 0 Å². The van der Waals surface area contributed by atoms with Gasteiger partial charge >= 0.3 is 6.03 Å². The van der Waals surface area contributed by atoms with Crippen molar-refractivity contribution in [2.45, 2.75) is 6.92 Å². The lowest BCUT2D eigenvalue weighted by atomic mass is 10.1. The van der Waals surface area contributed by atoms with E-state index in [1.165, 1.54) is 30.3 Å². The molecule has 1 aliphatic rings. The summed E-state index contributed by atoms with van der Waals surface area (Å²) in [5, 5.41) is 13.2. The Morgan fingerprint density at radius 1 is 1.06 bits per heavy atom. The van der Waals surface area contributed by atoms with Gasteiger partial charge in [0.05, 0.1) is 10.6 Å². The number of rotatable bonds is 4. The Morgan fingerprint density at radius 2 is 1.78 bits per heavy atom. The second-order valence-electron chi connectivity index (χ2n) is 6.92. The zero-order valence-corrected chi connectivity index (χ0v) is 17.3. The smallest absolute Gasteiger partial charge is 0.335 e. The number of anilines is 1. The Kier molecular flexibility index (Phi) is 5.33. The van der Waals surface area contributed by atoms with Gasteiger partial charge in [0.2, 0.25) is 0 Å². The number of furan rings is 1. The lowest BCUT2D eigenvalue weighted by molar-refractivity contribution is -0.384. The van der Waals surface area contributed by atoms with Crippen molar-refractivity contribution in [1.82, 2.24) is 5.32 Å². The summed E-state index contributed by atoms with van der Waals surface area (Å²) >= 11 is 5.83. The van der Waals surface area contributed by atoms with Gasteiger partial charge in [0.1, 0.15) is 22.1 Å². The van der Waals surface area contributed by atoms with E-state index in [9.17, 15) is 24.5 Å². The highest BCUT2D eigenvalue weighted by atomic mass is 35.5. The summed E-state index contributed by atoms with van der Waals surface area (Å²) in [6, 6.07) is 13.0. The number of hydrogen-bond donors (Lipinski definition) is 1. The number of nitro benzene ring substituents is 1. The minimum Gasteiger partial charge on any atom is -0.457 e. The fourth-order valence-electron chi connectivity index (χ4n) is 3.12. The normalized spacial score (nSPS) is 15.2. The maximum atomic E-state index is 12.9. The van der Waals surface area contributed by atoms with Crippen molar-refractivity contribution < 1.29 is 23.7 Å². The topological polar surface area (TPSA) is 123 Å². The van der Waals surface area contributed by atoms with Crippen LogP contribution in [0.5, 0.6) is 0 Å². The van der Waals surface area contributed by atoms with E-state index in [-0.39, 0.29) is 27.8 Å². The highest BCUT2D eigenvalue weighted by Gasteiger charge is 2.37. The Balaban J connectivity index is 1.67. The highest BCUT2D eigenvalue weighted by Crippen LogP contribution is 2.32. The first-order chi connectivity index (χ1) is 15.2. The third-order valence-electron chi connectivity index (χ3n) is 4.73. The van der Waals surface area contributed by atoms with Crippen LogP contribution in [0.1, 0.15) is 11.3 Å². The number of imide groups is 2. The first-order valence-corrected chi connectivity index (χ1v) is 9.64. The van der Waals surface area contributed by atoms with Crippen molar-refractivity contribution in [3.05, 3.63) is 86.6 Å². The number of nitrogens with one attached hydrogen (secondary N) is 1. The lowest BCUT2D eigenvalue weighted by Crippen LogP contribution is -2.54. The maximum Gasteiger partial charge on any atom is 0.335 e. The first-order valence-electron chi connectivity index (χ1n) is 9.27. The van der Waals surface area contributed by atoms with Gasteiger partial charge in [-0.05, 0) is 49.4 Å². The average Bonchev–Trinajstić information content (AvgIpc) is 3.21. The molecular weight excluding hydrogens is 438 g/mol. The van der Waals surface area contributed by atoms with Crippen molar-refractivity contribution in [3.63, 3.8) is 0 Å². The van der Waals surface area contributed by atoms with Crippen LogP contribution in [-0.4, -0.2) is 22.8 Å². The summed E-state index contributed by atoms with van der Waals surface area (Å²) < 4.78 is 5.65. The summed E-state index contributed by atoms with van der Waals surface area (Å²) in [4.78, 5) is 48.8. The van der Waals surface area contributed by atoms with Crippen LogP contribution < -0.4 is 10.2 Å². The molecule has 32 heavy (non-hydrogen) atoms. The number of nitrogens with zero attached hydrogens (tertiary/aromatic N) is 2. The predicted molar refractivity (Wildman–Crippen MR) is 116 cm³/mol. The number of benzene rings is 2. The van der Waals surface area contributed by atoms with Crippen LogP contribution in [0.25, 0.3) is 17.4 Å². The number of halogens is 1. The molecule has 10 heteroatoms. The molecule has 1 N–H and O–H groups in total. The zero-order valence-electron chi connectivity index (χ0n) is 16.5. The molecule has 0 aliphatic carbocycles. The largest absolute Gasteiger partial charge is 0.457 e. The summed E-state index contributed by atoms with van der Waals surface area (Å²) in [7, 11) is 0. The third kappa shape index (κ3) is 3.88. The zero-order chi connectivity index (χ0) is 23.0. The molecule has 0 spiro atoms. The Bertz CT molecular complexity index is 1310. The number of hydrogen-bond acceptors (Lipinski definition) is 6. The maximum absolute atomic E-state index is 12.9. The van der Waals surface area contributed by atoms with E-state index in [0.29, 0.717) is 11.3 Å². The predicted octanol–water partition coefficient (Wildman–Crippen LogP) is 4.48. The van der Waals surface area contributed by atoms with Gasteiger partial charge in [-0.3, -0.25) is 25.0 Å². The van der Waals surface area contributed by atoms with Gasteiger partial charge in [-0.25, -0.2) is 9.69 Å². The molecule has 1 aliphatic heterocycles. The van der Waals surface area contributed by atoms with Gasteiger partial charge in [-0.2, -0.15) is 0 Å². The molecule has 1 fully saturated rings. The Morgan fingerprint density at radius 3 is 2.47 bits per heavy atom. The Hall–Kier alpha value is -4.24. The van der Waals surface area contributed by atoms with Crippen LogP contribution in [0.4, 0.5) is 16.2 Å². The van der Waals surface area contributed by atoms with Crippen LogP contribution in [0, 0.1) is 17.0 Å². The average molecular weight is 452 g/mol. The molecule has 2 heterocycles. The van der Waals surface area contributed by atoms with E-state index >= 15 is 0 Å². The second kappa shape index (κ2) is 8.12. The number of aryl methyl sites for hydroxylation is 1. The van der Waals surface area contributed by atoms with Crippen molar-refractivity contribution >= 4 is 46.9 Å². The second-order valence-corrected chi connectivity index (χ2v) is 7.33. The number of nitro groups is 1. The van der Waals surface area contributed by atoms with Gasteiger partial charge in [0, 0.05) is 11.6 Å². The van der Waals surface area contributed by atoms with E-state index < -0.39 is 22.8 Å². The molecule has 160 valence electrons. The number of carbonyl (C=O) groups excluding carboxylic acids is 3. The fourth-order valence-corrected chi connectivity index (χ4v) is 3.31. The molecule has 4 amide bonds. The summed E-state index contributed by atoms with van der Waals surface area (Å²) in [5.41, 5.74) is 1.06. The van der Waals surface area contributed by atoms with Crippen LogP contribution >= 0.6 is 11.6 Å². The number of carbonyl (C=O) groups is 3. The minimum atomic E-state index is -0.858.